The molecule has 0 spiro atoms. The standard InChI is InChI=1S/C20H23BrN2O2.2ClH/c1-15-13-23(11-10-22(15)14-19(24)25)20(16-6-3-2-4-7-16)17-8-5-9-18(21)12-17;;/h2-9,12,15,20H,10-11,13-14H2,1H3,(H,24,25);2*1H/t15-,20+;;/m1../s1. The molecule has 3 rings (SSSR count). The summed E-state index contributed by atoms with van der Waals surface area (Å²) in [4.78, 5) is 15.6. The summed E-state index contributed by atoms with van der Waals surface area (Å²) < 4.78 is 1.07. The summed E-state index contributed by atoms with van der Waals surface area (Å²) in [5.41, 5.74) is 2.51. The van der Waals surface area contributed by atoms with Crippen molar-refractivity contribution in [2.75, 3.05) is 26.2 Å². The zero-order valence-electron chi connectivity index (χ0n) is 15.1. The van der Waals surface area contributed by atoms with E-state index in [1.165, 1.54) is 11.1 Å². The van der Waals surface area contributed by atoms with E-state index < -0.39 is 5.97 Å². The van der Waals surface area contributed by atoms with Gasteiger partial charge in [-0.25, -0.2) is 0 Å². The highest BCUT2D eigenvalue weighted by molar-refractivity contribution is 9.10. The number of carbonyl (C=O) groups is 1. The van der Waals surface area contributed by atoms with E-state index >= 15 is 0 Å². The third-order valence-corrected chi connectivity index (χ3v) is 5.27. The molecule has 2 aromatic rings. The zero-order valence-corrected chi connectivity index (χ0v) is 18.3. The first-order valence-electron chi connectivity index (χ1n) is 8.55. The van der Waals surface area contributed by atoms with E-state index in [0.717, 1.165) is 24.1 Å². The number of nitrogens with zero attached hydrogens (tertiary/aromatic N) is 2. The van der Waals surface area contributed by atoms with Crippen molar-refractivity contribution in [2.45, 2.75) is 19.0 Å². The minimum Gasteiger partial charge on any atom is -0.480 e. The number of benzene rings is 2. The first kappa shape index (κ1) is 23.9. The first-order chi connectivity index (χ1) is 12.0. The molecule has 2 atom stereocenters. The number of piperazine rings is 1. The summed E-state index contributed by atoms with van der Waals surface area (Å²) in [6, 6.07) is 19.3. The average molecular weight is 476 g/mol. The summed E-state index contributed by atoms with van der Waals surface area (Å²) in [7, 11) is 0. The van der Waals surface area contributed by atoms with Crippen LogP contribution < -0.4 is 0 Å². The Hall–Kier alpha value is -1.11. The predicted octanol–water partition coefficient (Wildman–Crippen LogP) is 4.47. The van der Waals surface area contributed by atoms with E-state index in [0.29, 0.717) is 0 Å². The molecular formula is C20H25BrCl2N2O2. The minimum absolute atomic E-state index is 0. The van der Waals surface area contributed by atoms with Crippen LogP contribution in [0.1, 0.15) is 24.1 Å². The Morgan fingerprint density at radius 3 is 2.37 bits per heavy atom. The Labute approximate surface area is 181 Å². The number of aliphatic carboxylic acids is 1. The lowest BCUT2D eigenvalue weighted by atomic mass is 9.95. The zero-order chi connectivity index (χ0) is 17.8. The number of rotatable bonds is 5. The topological polar surface area (TPSA) is 43.8 Å². The normalized spacial score (nSPS) is 18.8. The van der Waals surface area contributed by atoms with E-state index in [-0.39, 0.29) is 43.4 Å². The Kier molecular flexibility index (Phi) is 9.77. The van der Waals surface area contributed by atoms with Crippen LogP contribution in [0.25, 0.3) is 0 Å². The minimum atomic E-state index is -0.758. The molecule has 0 amide bonds. The van der Waals surface area contributed by atoms with Gasteiger partial charge in [0.25, 0.3) is 0 Å². The van der Waals surface area contributed by atoms with Gasteiger partial charge in [-0.05, 0) is 30.2 Å². The van der Waals surface area contributed by atoms with Crippen LogP contribution in [0.3, 0.4) is 0 Å². The van der Waals surface area contributed by atoms with Crippen LogP contribution in [0, 0.1) is 0 Å². The average Bonchev–Trinajstić information content (AvgIpc) is 2.58. The van der Waals surface area contributed by atoms with Crippen LogP contribution in [0.4, 0.5) is 0 Å². The van der Waals surface area contributed by atoms with E-state index in [1.54, 1.807) is 0 Å². The fourth-order valence-corrected chi connectivity index (χ4v) is 4.01. The van der Waals surface area contributed by atoms with E-state index in [4.69, 9.17) is 5.11 Å². The summed E-state index contributed by atoms with van der Waals surface area (Å²) in [5.74, 6) is -0.758. The van der Waals surface area contributed by atoms with Gasteiger partial charge in [0, 0.05) is 30.1 Å². The maximum absolute atomic E-state index is 11.0. The molecule has 0 aliphatic carbocycles. The van der Waals surface area contributed by atoms with Crippen LogP contribution in [0.15, 0.2) is 59.1 Å². The molecule has 0 bridgehead atoms. The maximum Gasteiger partial charge on any atom is 0.317 e. The lowest BCUT2D eigenvalue weighted by Gasteiger charge is -2.43. The molecule has 1 aliphatic rings. The van der Waals surface area contributed by atoms with Gasteiger partial charge in [0.05, 0.1) is 12.6 Å². The largest absolute Gasteiger partial charge is 0.480 e. The molecule has 2 aromatic carbocycles. The Bertz CT molecular complexity index is 733. The van der Waals surface area contributed by atoms with Gasteiger partial charge in [0.2, 0.25) is 0 Å². The predicted molar refractivity (Wildman–Crippen MR) is 117 cm³/mol. The lowest BCUT2D eigenvalue weighted by Crippen LogP contribution is -2.54. The smallest absolute Gasteiger partial charge is 0.317 e. The molecule has 0 saturated carbocycles. The Balaban J connectivity index is 0.00000182. The Morgan fingerprint density at radius 2 is 1.78 bits per heavy atom. The van der Waals surface area contributed by atoms with E-state index in [9.17, 15) is 4.79 Å². The second-order valence-corrected chi connectivity index (χ2v) is 7.49. The van der Waals surface area contributed by atoms with Gasteiger partial charge in [-0.1, -0.05) is 58.4 Å². The van der Waals surface area contributed by atoms with E-state index in [1.807, 2.05) is 17.0 Å². The molecule has 1 fully saturated rings. The fraction of sp³-hybridized carbons (Fsp3) is 0.350. The quantitative estimate of drug-likeness (QED) is 0.692. The van der Waals surface area contributed by atoms with Crippen molar-refractivity contribution in [1.82, 2.24) is 9.80 Å². The van der Waals surface area contributed by atoms with Crippen molar-refractivity contribution >= 4 is 46.7 Å². The maximum atomic E-state index is 11.0. The van der Waals surface area contributed by atoms with Gasteiger partial charge in [-0.15, -0.1) is 24.8 Å². The van der Waals surface area contributed by atoms with Crippen molar-refractivity contribution in [1.29, 1.82) is 0 Å². The van der Waals surface area contributed by atoms with Gasteiger partial charge < -0.3 is 5.11 Å². The van der Waals surface area contributed by atoms with Gasteiger partial charge >= 0.3 is 5.97 Å². The van der Waals surface area contributed by atoms with E-state index in [2.05, 4.69) is 70.2 Å². The third-order valence-electron chi connectivity index (χ3n) is 4.78. The van der Waals surface area contributed by atoms with Gasteiger partial charge in [-0.3, -0.25) is 14.6 Å². The van der Waals surface area contributed by atoms with Gasteiger partial charge in [0.1, 0.15) is 0 Å². The molecule has 1 aliphatic heterocycles. The monoisotopic (exact) mass is 474 g/mol. The molecule has 0 unspecified atom stereocenters. The van der Waals surface area contributed by atoms with Crippen LogP contribution in [0.5, 0.6) is 0 Å². The highest BCUT2D eigenvalue weighted by atomic mass is 79.9. The second-order valence-electron chi connectivity index (χ2n) is 6.58. The number of hydrogen-bond donors (Lipinski definition) is 1. The van der Waals surface area contributed by atoms with Crippen molar-refractivity contribution in [3.8, 4) is 0 Å². The SMILES string of the molecule is C[C@@H]1CN([C@@H](c2ccccc2)c2cccc(Br)c2)CCN1CC(=O)O.Cl.Cl. The number of carboxylic acid groups (broad SMARTS) is 1. The van der Waals surface area contributed by atoms with Crippen molar-refractivity contribution in [3.05, 3.63) is 70.2 Å². The van der Waals surface area contributed by atoms with Crippen molar-refractivity contribution in [3.63, 3.8) is 0 Å². The molecule has 1 saturated heterocycles. The summed E-state index contributed by atoms with van der Waals surface area (Å²) >= 11 is 3.58. The van der Waals surface area contributed by atoms with Gasteiger partial charge in [0.15, 0.2) is 0 Å². The summed E-state index contributed by atoms with van der Waals surface area (Å²) in [6.07, 6.45) is 0. The first-order valence-corrected chi connectivity index (χ1v) is 9.34. The lowest BCUT2D eigenvalue weighted by molar-refractivity contribution is -0.139. The molecule has 4 nitrogen and oxygen atoms in total. The molecule has 148 valence electrons. The summed E-state index contributed by atoms with van der Waals surface area (Å²) in [6.45, 7) is 4.69. The van der Waals surface area contributed by atoms with Crippen LogP contribution in [0.2, 0.25) is 0 Å². The summed E-state index contributed by atoms with van der Waals surface area (Å²) in [5, 5.41) is 9.08. The molecule has 0 aromatic heterocycles. The fourth-order valence-electron chi connectivity index (χ4n) is 3.59. The van der Waals surface area contributed by atoms with Crippen LogP contribution in [-0.4, -0.2) is 53.1 Å². The molecule has 1 heterocycles. The van der Waals surface area contributed by atoms with Crippen molar-refractivity contribution in [2.24, 2.45) is 0 Å². The van der Waals surface area contributed by atoms with Crippen LogP contribution >= 0.6 is 40.7 Å². The van der Waals surface area contributed by atoms with Crippen molar-refractivity contribution < 1.29 is 9.90 Å². The molecule has 1 N–H and O–H groups in total. The molecule has 7 heteroatoms. The van der Waals surface area contributed by atoms with Gasteiger partial charge in [-0.2, -0.15) is 0 Å². The number of carboxylic acids is 1. The Morgan fingerprint density at radius 1 is 1.11 bits per heavy atom. The highest BCUT2D eigenvalue weighted by Gasteiger charge is 2.30. The van der Waals surface area contributed by atoms with Crippen LogP contribution in [-0.2, 0) is 4.79 Å². The molecule has 0 radical (unpaired) electrons. The number of halogens is 3. The molecule has 27 heavy (non-hydrogen) atoms. The highest BCUT2D eigenvalue weighted by Crippen LogP contribution is 2.31. The third kappa shape index (κ3) is 6.19. The second kappa shape index (κ2) is 11.0. The number of hydrogen-bond acceptors (Lipinski definition) is 3. The molecular weight excluding hydrogens is 451 g/mol.